The van der Waals surface area contributed by atoms with E-state index in [-0.39, 0.29) is 0 Å². The van der Waals surface area contributed by atoms with Gasteiger partial charge in [-0.15, -0.1) is 0 Å². The average molecular weight is 313 g/mol. The van der Waals surface area contributed by atoms with Crippen LogP contribution in [0.3, 0.4) is 0 Å². The summed E-state index contributed by atoms with van der Waals surface area (Å²) in [5, 5.41) is 0. The molecule has 0 N–H and O–H groups in total. The molecule has 0 bridgehead atoms. The van der Waals surface area contributed by atoms with Crippen molar-refractivity contribution in [3.63, 3.8) is 0 Å². The summed E-state index contributed by atoms with van der Waals surface area (Å²) < 4.78 is 6.14. The van der Waals surface area contributed by atoms with Crippen molar-refractivity contribution >= 4 is 21.9 Å². The fraction of sp³-hybridized carbons (Fsp3) is 0.500. The van der Waals surface area contributed by atoms with Gasteiger partial charge in [0.25, 0.3) is 0 Å². The largest absolute Gasteiger partial charge is 0.481 e. The van der Waals surface area contributed by atoms with Gasteiger partial charge >= 0.3 is 0 Å². The molecule has 0 atom stereocenters. The molecule has 18 heavy (non-hydrogen) atoms. The number of hydrogen-bond acceptors (Lipinski definition) is 5. The van der Waals surface area contributed by atoms with Crippen LogP contribution < -0.4 is 9.64 Å². The highest BCUT2D eigenvalue weighted by Crippen LogP contribution is 2.15. The Bertz CT molecular complexity index is 418. The Kier molecular flexibility index (Phi) is 4.54. The van der Waals surface area contributed by atoms with Crippen molar-refractivity contribution in [2.24, 2.45) is 0 Å². The number of halogens is 1. The number of methoxy groups -OCH3 is 1. The van der Waals surface area contributed by atoms with Gasteiger partial charge in [0.05, 0.1) is 7.11 Å². The van der Waals surface area contributed by atoms with Crippen LogP contribution in [-0.2, 0) is 0 Å². The number of rotatable bonds is 4. The van der Waals surface area contributed by atoms with Crippen molar-refractivity contribution in [1.29, 1.82) is 0 Å². The molecule has 1 saturated heterocycles. The van der Waals surface area contributed by atoms with E-state index in [1.165, 1.54) is 0 Å². The number of nitrogens with zero attached hydrogens (tertiary/aromatic N) is 4. The van der Waals surface area contributed by atoms with Crippen LogP contribution in [0.4, 0.5) is 5.95 Å². The first kappa shape index (κ1) is 13.3. The maximum absolute atomic E-state index is 5.11. The lowest BCUT2D eigenvalue weighted by Gasteiger charge is -2.34. The zero-order valence-electron chi connectivity index (χ0n) is 10.5. The summed E-state index contributed by atoms with van der Waals surface area (Å²) in [4.78, 5) is 13.2. The second kappa shape index (κ2) is 6.15. The first-order valence-corrected chi connectivity index (χ1v) is 6.66. The van der Waals surface area contributed by atoms with Crippen molar-refractivity contribution in [2.45, 2.75) is 0 Å². The maximum atomic E-state index is 5.11. The predicted molar refractivity (Wildman–Crippen MR) is 75.3 cm³/mol. The monoisotopic (exact) mass is 312 g/mol. The lowest BCUT2D eigenvalue weighted by atomic mass is 10.3. The number of anilines is 1. The highest BCUT2D eigenvalue weighted by molar-refractivity contribution is 9.11. The Morgan fingerprint density at radius 2 is 2.17 bits per heavy atom. The Morgan fingerprint density at radius 1 is 1.44 bits per heavy atom. The summed E-state index contributed by atoms with van der Waals surface area (Å²) in [5.41, 5.74) is 0. The van der Waals surface area contributed by atoms with Crippen LogP contribution in [0.5, 0.6) is 5.88 Å². The van der Waals surface area contributed by atoms with E-state index in [1.807, 2.05) is 0 Å². The van der Waals surface area contributed by atoms with E-state index in [4.69, 9.17) is 4.74 Å². The molecule has 2 rings (SSSR count). The summed E-state index contributed by atoms with van der Waals surface area (Å²) in [6.45, 7) is 8.60. The van der Waals surface area contributed by atoms with Gasteiger partial charge < -0.3 is 9.64 Å². The molecule has 0 unspecified atom stereocenters. The number of aromatic nitrogens is 2. The minimum absolute atomic E-state index is 0.608. The Morgan fingerprint density at radius 3 is 2.78 bits per heavy atom. The summed E-state index contributed by atoms with van der Waals surface area (Å²) in [6.07, 6.45) is 1.73. The molecule has 1 aromatic heterocycles. The van der Waals surface area contributed by atoms with Crippen molar-refractivity contribution in [1.82, 2.24) is 14.9 Å². The highest BCUT2D eigenvalue weighted by atomic mass is 79.9. The van der Waals surface area contributed by atoms with E-state index in [1.54, 1.807) is 19.4 Å². The molecule has 98 valence electrons. The van der Waals surface area contributed by atoms with E-state index in [2.05, 4.69) is 42.3 Å². The van der Waals surface area contributed by atoms with Gasteiger partial charge in [-0.1, -0.05) is 22.5 Å². The number of hydrogen-bond donors (Lipinski definition) is 0. The molecule has 6 heteroatoms. The fourth-order valence-electron chi connectivity index (χ4n) is 1.95. The van der Waals surface area contributed by atoms with E-state index in [0.29, 0.717) is 5.88 Å². The van der Waals surface area contributed by atoms with Gasteiger partial charge in [-0.25, -0.2) is 4.98 Å². The minimum Gasteiger partial charge on any atom is -0.481 e. The van der Waals surface area contributed by atoms with Gasteiger partial charge in [0.15, 0.2) is 0 Å². The summed E-state index contributed by atoms with van der Waals surface area (Å²) in [5.74, 6) is 1.35. The van der Waals surface area contributed by atoms with Crippen LogP contribution in [0.1, 0.15) is 0 Å². The molecule has 1 aromatic rings. The second-order valence-corrected chi connectivity index (χ2v) is 5.30. The molecule has 5 nitrogen and oxygen atoms in total. The van der Waals surface area contributed by atoms with Crippen LogP contribution in [-0.4, -0.2) is 54.7 Å². The number of piperazine rings is 1. The SMILES string of the molecule is C=C(Br)CN1CCN(c2nccc(OC)n2)CC1. The third-order valence-electron chi connectivity index (χ3n) is 2.88. The fourth-order valence-corrected chi connectivity index (χ4v) is 2.30. The van der Waals surface area contributed by atoms with E-state index < -0.39 is 0 Å². The summed E-state index contributed by atoms with van der Waals surface area (Å²) in [7, 11) is 1.62. The molecule has 1 fully saturated rings. The normalized spacial score (nSPS) is 16.7. The summed E-state index contributed by atoms with van der Waals surface area (Å²) in [6, 6.07) is 1.76. The molecule has 0 aliphatic carbocycles. The highest BCUT2D eigenvalue weighted by Gasteiger charge is 2.19. The lowest BCUT2D eigenvalue weighted by Crippen LogP contribution is -2.47. The molecule has 1 aliphatic heterocycles. The first-order chi connectivity index (χ1) is 8.69. The lowest BCUT2D eigenvalue weighted by molar-refractivity contribution is 0.281. The van der Waals surface area contributed by atoms with Gasteiger partial charge in [-0.2, -0.15) is 4.98 Å². The van der Waals surface area contributed by atoms with Crippen LogP contribution in [0.2, 0.25) is 0 Å². The zero-order valence-corrected chi connectivity index (χ0v) is 12.1. The predicted octanol–water partition coefficient (Wildman–Crippen LogP) is 1.52. The van der Waals surface area contributed by atoms with E-state index >= 15 is 0 Å². The molecule has 0 amide bonds. The Balaban J connectivity index is 1.94. The first-order valence-electron chi connectivity index (χ1n) is 5.86. The van der Waals surface area contributed by atoms with E-state index in [9.17, 15) is 0 Å². The van der Waals surface area contributed by atoms with Gasteiger partial charge in [0.1, 0.15) is 0 Å². The summed E-state index contributed by atoms with van der Waals surface area (Å²) >= 11 is 3.40. The van der Waals surface area contributed by atoms with Crippen LogP contribution >= 0.6 is 15.9 Å². The molecule has 0 saturated carbocycles. The van der Waals surface area contributed by atoms with Gasteiger partial charge in [0, 0.05) is 49.5 Å². The molecular formula is C12H17BrN4O. The Labute approximate surface area is 116 Å². The quantitative estimate of drug-likeness (QED) is 0.843. The average Bonchev–Trinajstić information content (AvgIpc) is 2.39. The maximum Gasteiger partial charge on any atom is 0.228 e. The molecule has 2 heterocycles. The smallest absolute Gasteiger partial charge is 0.228 e. The van der Waals surface area contributed by atoms with Crippen molar-refractivity contribution < 1.29 is 4.74 Å². The second-order valence-electron chi connectivity index (χ2n) is 4.18. The molecule has 0 radical (unpaired) electrons. The van der Waals surface area contributed by atoms with E-state index in [0.717, 1.165) is 43.2 Å². The van der Waals surface area contributed by atoms with Crippen molar-refractivity contribution in [3.05, 3.63) is 23.3 Å². The topological polar surface area (TPSA) is 41.5 Å². The van der Waals surface area contributed by atoms with Gasteiger partial charge in [-0.3, -0.25) is 4.90 Å². The van der Waals surface area contributed by atoms with Gasteiger partial charge in [-0.05, 0) is 0 Å². The van der Waals surface area contributed by atoms with Crippen molar-refractivity contribution in [3.8, 4) is 5.88 Å². The molecule has 0 aromatic carbocycles. The van der Waals surface area contributed by atoms with Crippen LogP contribution in [0.25, 0.3) is 0 Å². The third kappa shape index (κ3) is 3.43. The number of ether oxygens (including phenoxy) is 1. The zero-order chi connectivity index (χ0) is 13.0. The van der Waals surface area contributed by atoms with Crippen molar-refractivity contribution in [2.75, 3.05) is 44.7 Å². The molecule has 1 aliphatic rings. The standard InChI is InChI=1S/C12H17BrN4O/c1-10(13)9-16-5-7-17(8-6-16)12-14-4-3-11(15-12)18-2/h3-4H,1,5-9H2,2H3. The third-order valence-corrected chi connectivity index (χ3v) is 3.13. The van der Waals surface area contributed by atoms with Crippen LogP contribution in [0.15, 0.2) is 23.3 Å². The Hall–Kier alpha value is -1.14. The molecule has 0 spiro atoms. The molecular weight excluding hydrogens is 296 g/mol. The minimum atomic E-state index is 0.608. The van der Waals surface area contributed by atoms with Crippen LogP contribution in [0, 0.1) is 0 Å². The van der Waals surface area contributed by atoms with Gasteiger partial charge in [0.2, 0.25) is 11.8 Å².